The van der Waals surface area contributed by atoms with E-state index in [0.29, 0.717) is 23.6 Å². The van der Waals surface area contributed by atoms with Gasteiger partial charge in [0, 0.05) is 17.7 Å². The average molecular weight is 386 g/mol. The molecule has 4 heteroatoms. The van der Waals surface area contributed by atoms with Crippen LogP contribution in [0.15, 0.2) is 84.9 Å². The van der Waals surface area contributed by atoms with Crippen LogP contribution in [0.25, 0.3) is 0 Å². The Morgan fingerprint density at radius 2 is 1.14 bits per heavy atom. The van der Waals surface area contributed by atoms with Crippen LogP contribution in [0.5, 0.6) is 0 Å². The fraction of sp³-hybridized carbons (Fsp3) is 0.200. The van der Waals surface area contributed by atoms with Gasteiger partial charge in [-0.1, -0.05) is 74.5 Å². The first-order valence-electron chi connectivity index (χ1n) is 9.83. The Bertz CT molecular complexity index is 896. The summed E-state index contributed by atoms with van der Waals surface area (Å²) in [7, 11) is 0. The second-order valence-corrected chi connectivity index (χ2v) is 7.41. The minimum Gasteiger partial charge on any atom is -0.352 e. The topological polar surface area (TPSA) is 58.2 Å². The van der Waals surface area contributed by atoms with Crippen molar-refractivity contribution in [2.24, 2.45) is 5.92 Å². The van der Waals surface area contributed by atoms with Crippen molar-refractivity contribution in [3.63, 3.8) is 0 Å². The SMILES string of the molecule is CC(C)CNC(=O)c1ccc(C(=O)NC(c2ccccc2)c2ccccc2)cc1. The molecule has 4 nitrogen and oxygen atoms in total. The summed E-state index contributed by atoms with van der Waals surface area (Å²) in [5.41, 5.74) is 3.08. The Hall–Kier alpha value is -3.40. The molecule has 0 heterocycles. The molecule has 3 rings (SSSR count). The van der Waals surface area contributed by atoms with Crippen LogP contribution >= 0.6 is 0 Å². The van der Waals surface area contributed by atoms with Gasteiger partial charge in [-0.15, -0.1) is 0 Å². The minimum atomic E-state index is -0.251. The van der Waals surface area contributed by atoms with E-state index in [2.05, 4.69) is 10.6 Å². The van der Waals surface area contributed by atoms with Crippen molar-refractivity contribution in [1.82, 2.24) is 10.6 Å². The maximum absolute atomic E-state index is 12.9. The number of rotatable bonds is 7. The first-order valence-corrected chi connectivity index (χ1v) is 9.83. The van der Waals surface area contributed by atoms with E-state index >= 15 is 0 Å². The van der Waals surface area contributed by atoms with Gasteiger partial charge in [0.1, 0.15) is 0 Å². The molecule has 0 fully saturated rings. The molecule has 0 saturated heterocycles. The monoisotopic (exact) mass is 386 g/mol. The predicted octanol–water partition coefficient (Wildman–Crippen LogP) is 4.59. The highest BCUT2D eigenvalue weighted by Gasteiger charge is 2.18. The Balaban J connectivity index is 1.75. The maximum atomic E-state index is 12.9. The molecular formula is C25H26N2O2. The number of nitrogens with one attached hydrogen (secondary N) is 2. The van der Waals surface area contributed by atoms with Gasteiger partial charge in [0.15, 0.2) is 0 Å². The van der Waals surface area contributed by atoms with Crippen molar-refractivity contribution in [3.05, 3.63) is 107 Å². The highest BCUT2D eigenvalue weighted by Crippen LogP contribution is 2.22. The molecule has 2 amide bonds. The number of amides is 2. The van der Waals surface area contributed by atoms with Gasteiger partial charge in [0.25, 0.3) is 11.8 Å². The number of benzene rings is 3. The molecule has 0 bridgehead atoms. The predicted molar refractivity (Wildman–Crippen MR) is 116 cm³/mol. The minimum absolute atomic E-state index is 0.128. The molecule has 0 aliphatic rings. The van der Waals surface area contributed by atoms with Gasteiger partial charge in [-0.3, -0.25) is 9.59 Å². The van der Waals surface area contributed by atoms with E-state index in [1.807, 2.05) is 74.5 Å². The zero-order valence-electron chi connectivity index (χ0n) is 16.8. The first kappa shape index (κ1) is 20.3. The maximum Gasteiger partial charge on any atom is 0.252 e. The van der Waals surface area contributed by atoms with E-state index < -0.39 is 0 Å². The van der Waals surface area contributed by atoms with Gasteiger partial charge < -0.3 is 10.6 Å². The average Bonchev–Trinajstić information content (AvgIpc) is 2.77. The molecule has 0 aliphatic carbocycles. The normalized spacial score (nSPS) is 10.8. The number of carbonyl (C=O) groups excluding carboxylic acids is 2. The summed E-state index contributed by atoms with van der Waals surface area (Å²) >= 11 is 0. The fourth-order valence-electron chi connectivity index (χ4n) is 3.04. The van der Waals surface area contributed by atoms with E-state index in [0.717, 1.165) is 11.1 Å². The van der Waals surface area contributed by atoms with Crippen LogP contribution in [-0.4, -0.2) is 18.4 Å². The summed E-state index contributed by atoms with van der Waals surface area (Å²) in [5.74, 6) is 0.0749. The molecule has 3 aromatic carbocycles. The van der Waals surface area contributed by atoms with Gasteiger partial charge in [-0.2, -0.15) is 0 Å². The summed E-state index contributed by atoms with van der Waals surface area (Å²) in [4.78, 5) is 25.1. The van der Waals surface area contributed by atoms with Gasteiger partial charge in [0.05, 0.1) is 6.04 Å². The van der Waals surface area contributed by atoms with Gasteiger partial charge >= 0.3 is 0 Å². The molecule has 0 spiro atoms. The zero-order chi connectivity index (χ0) is 20.6. The van der Waals surface area contributed by atoms with E-state index in [9.17, 15) is 9.59 Å². The van der Waals surface area contributed by atoms with E-state index in [1.54, 1.807) is 24.3 Å². The molecule has 0 atom stereocenters. The van der Waals surface area contributed by atoms with Crippen molar-refractivity contribution in [3.8, 4) is 0 Å². The van der Waals surface area contributed by atoms with Crippen molar-refractivity contribution in [1.29, 1.82) is 0 Å². The highest BCUT2D eigenvalue weighted by atomic mass is 16.2. The van der Waals surface area contributed by atoms with Crippen LogP contribution in [0.4, 0.5) is 0 Å². The molecule has 0 radical (unpaired) electrons. The summed E-state index contributed by atoms with van der Waals surface area (Å²) in [6, 6.07) is 26.2. The summed E-state index contributed by atoms with van der Waals surface area (Å²) < 4.78 is 0. The molecule has 3 aromatic rings. The molecule has 29 heavy (non-hydrogen) atoms. The molecule has 0 unspecified atom stereocenters. The van der Waals surface area contributed by atoms with Crippen LogP contribution in [0, 0.1) is 5.92 Å². The molecule has 0 aliphatic heterocycles. The third-order valence-electron chi connectivity index (χ3n) is 4.62. The third kappa shape index (κ3) is 5.55. The van der Waals surface area contributed by atoms with E-state index in [1.165, 1.54) is 0 Å². The lowest BCUT2D eigenvalue weighted by Crippen LogP contribution is -2.29. The molecule has 148 valence electrons. The second-order valence-electron chi connectivity index (χ2n) is 7.41. The van der Waals surface area contributed by atoms with Crippen LogP contribution in [0.3, 0.4) is 0 Å². The third-order valence-corrected chi connectivity index (χ3v) is 4.62. The quantitative estimate of drug-likeness (QED) is 0.624. The van der Waals surface area contributed by atoms with Crippen molar-refractivity contribution in [2.45, 2.75) is 19.9 Å². The number of hydrogen-bond acceptors (Lipinski definition) is 2. The Labute approximate surface area is 172 Å². The van der Waals surface area contributed by atoms with Crippen molar-refractivity contribution < 1.29 is 9.59 Å². The first-order chi connectivity index (χ1) is 14.0. The Morgan fingerprint density at radius 3 is 1.59 bits per heavy atom. The Morgan fingerprint density at radius 1 is 0.690 bits per heavy atom. The lowest BCUT2D eigenvalue weighted by atomic mass is 9.98. The van der Waals surface area contributed by atoms with Gasteiger partial charge in [-0.05, 0) is 41.3 Å². The van der Waals surface area contributed by atoms with Crippen LogP contribution in [0.1, 0.15) is 51.7 Å². The standard InChI is InChI=1S/C25H26N2O2/c1-18(2)17-26-24(28)21-13-15-22(16-14-21)25(29)27-23(19-9-5-3-6-10-19)20-11-7-4-8-12-20/h3-16,18,23H,17H2,1-2H3,(H,26,28)(H,27,29). The Kier molecular flexibility index (Phi) is 6.80. The zero-order valence-corrected chi connectivity index (χ0v) is 16.8. The summed E-state index contributed by atoms with van der Waals surface area (Å²) in [5, 5.41) is 6.00. The summed E-state index contributed by atoms with van der Waals surface area (Å²) in [6.45, 7) is 4.71. The lowest BCUT2D eigenvalue weighted by molar-refractivity contribution is 0.0934. The molecule has 0 aromatic heterocycles. The molecular weight excluding hydrogens is 360 g/mol. The van der Waals surface area contributed by atoms with Crippen molar-refractivity contribution >= 4 is 11.8 Å². The smallest absolute Gasteiger partial charge is 0.252 e. The summed E-state index contributed by atoms with van der Waals surface area (Å²) in [6.07, 6.45) is 0. The van der Waals surface area contributed by atoms with Gasteiger partial charge in [0.2, 0.25) is 0 Å². The lowest BCUT2D eigenvalue weighted by Gasteiger charge is -2.20. The highest BCUT2D eigenvalue weighted by molar-refractivity contribution is 5.98. The van der Waals surface area contributed by atoms with Crippen LogP contribution in [-0.2, 0) is 0 Å². The van der Waals surface area contributed by atoms with E-state index in [4.69, 9.17) is 0 Å². The fourth-order valence-corrected chi connectivity index (χ4v) is 3.04. The van der Waals surface area contributed by atoms with Crippen LogP contribution in [0.2, 0.25) is 0 Å². The second kappa shape index (κ2) is 9.69. The van der Waals surface area contributed by atoms with E-state index in [-0.39, 0.29) is 17.9 Å². The molecule has 0 saturated carbocycles. The van der Waals surface area contributed by atoms with Crippen LogP contribution < -0.4 is 10.6 Å². The molecule has 2 N–H and O–H groups in total. The number of carbonyl (C=O) groups is 2. The van der Waals surface area contributed by atoms with Gasteiger partial charge in [-0.25, -0.2) is 0 Å². The largest absolute Gasteiger partial charge is 0.352 e. The van der Waals surface area contributed by atoms with Crippen molar-refractivity contribution in [2.75, 3.05) is 6.54 Å². The number of hydrogen-bond donors (Lipinski definition) is 2.